The summed E-state index contributed by atoms with van der Waals surface area (Å²) in [6, 6.07) is 9.32. The monoisotopic (exact) mass is 620 g/mol. The van der Waals surface area contributed by atoms with Gasteiger partial charge in [0.25, 0.3) is 5.91 Å². The Morgan fingerprint density at radius 1 is 1.17 bits per heavy atom. The lowest BCUT2D eigenvalue weighted by molar-refractivity contribution is 0.0825. The van der Waals surface area contributed by atoms with Crippen LogP contribution in [0.5, 0.6) is 0 Å². The highest BCUT2D eigenvalue weighted by Gasteiger charge is 2.25. The van der Waals surface area contributed by atoms with Crippen LogP contribution in [0.2, 0.25) is 0 Å². The van der Waals surface area contributed by atoms with Crippen molar-refractivity contribution in [1.82, 2.24) is 15.6 Å². The molecule has 9 nitrogen and oxygen atoms in total. The molecule has 0 aliphatic rings. The predicted molar refractivity (Wildman–Crippen MR) is 133 cm³/mol. The summed E-state index contributed by atoms with van der Waals surface area (Å²) >= 11 is 2.19. The van der Waals surface area contributed by atoms with Crippen molar-refractivity contribution in [3.8, 4) is 0 Å². The molecule has 188 valence electrons. The number of nitrogens with one attached hydrogen (secondary N) is 3. The normalized spacial score (nSPS) is 13.3. The molecule has 1 heterocycles. The van der Waals surface area contributed by atoms with Gasteiger partial charge in [-0.25, -0.2) is 21.9 Å². The molecular weight excluding hydrogens is 597 g/mol. The first kappa shape index (κ1) is 27.0. The minimum atomic E-state index is -3.67. The van der Waals surface area contributed by atoms with E-state index in [2.05, 4.69) is 38.2 Å². The summed E-state index contributed by atoms with van der Waals surface area (Å²) in [5.74, 6) is -2.34. The van der Waals surface area contributed by atoms with Gasteiger partial charge in [-0.2, -0.15) is 4.98 Å². The minimum Gasteiger partial charge on any atom is -0.431 e. The van der Waals surface area contributed by atoms with Gasteiger partial charge in [-0.15, -0.1) is 0 Å². The molecule has 4 N–H and O–H groups in total. The molecule has 0 saturated heterocycles. The number of sulfonamides is 1. The first-order chi connectivity index (χ1) is 16.5. The molecule has 0 fully saturated rings. The van der Waals surface area contributed by atoms with Gasteiger partial charge in [-0.1, -0.05) is 12.1 Å². The molecule has 0 aliphatic carbocycles. The average Bonchev–Trinajstić information content (AvgIpc) is 3.19. The van der Waals surface area contributed by atoms with E-state index in [4.69, 9.17) is 4.42 Å². The zero-order chi connectivity index (χ0) is 25.6. The van der Waals surface area contributed by atoms with Gasteiger partial charge in [0.2, 0.25) is 10.0 Å². The molecule has 0 radical (unpaired) electrons. The smallest absolute Gasteiger partial charge is 0.309 e. The average molecular weight is 620 g/mol. The van der Waals surface area contributed by atoms with E-state index in [1.807, 2.05) is 29.0 Å². The number of aromatic nitrogens is 1. The molecule has 2 aromatic carbocycles. The van der Waals surface area contributed by atoms with Crippen LogP contribution in [0.25, 0.3) is 0 Å². The second-order valence-electron chi connectivity index (χ2n) is 7.80. The third kappa shape index (κ3) is 8.83. The van der Waals surface area contributed by atoms with Crippen LogP contribution in [0.4, 0.5) is 14.8 Å². The Kier molecular flexibility index (Phi) is 9.15. The largest absolute Gasteiger partial charge is 0.431 e. The van der Waals surface area contributed by atoms with Gasteiger partial charge in [0.1, 0.15) is 17.9 Å². The molecule has 0 saturated carbocycles. The standard InChI is InChI=1S/C22H23F2IN4O5S/c1-35(32,33)29-22-28-19(12-34-22)21(31)27-18(8-14-5-15(23)9-16(24)6-14)20(30)11-26-10-13-3-2-4-17(25)7-13/h2-7,9,12,18,20,26,30H,8,10-11H2,1H3,(H,27,31)(H,28,29)/t18-,20-/m0/s1. The van der Waals surface area contributed by atoms with Crippen LogP contribution in [0.1, 0.15) is 21.6 Å². The number of aliphatic hydroxyl groups is 1. The number of hydrogen-bond donors (Lipinski definition) is 4. The molecule has 3 rings (SSSR count). The number of benzene rings is 2. The molecular formula is C22H23F2IN4O5S. The van der Waals surface area contributed by atoms with E-state index in [0.29, 0.717) is 6.54 Å². The topological polar surface area (TPSA) is 134 Å². The van der Waals surface area contributed by atoms with Crippen molar-refractivity contribution in [3.63, 3.8) is 0 Å². The fraction of sp³-hybridized carbons (Fsp3) is 0.273. The van der Waals surface area contributed by atoms with Crippen LogP contribution >= 0.6 is 22.6 Å². The van der Waals surface area contributed by atoms with Gasteiger partial charge in [0, 0.05) is 22.7 Å². The van der Waals surface area contributed by atoms with Crippen LogP contribution < -0.4 is 15.4 Å². The van der Waals surface area contributed by atoms with Crippen LogP contribution in [-0.2, 0) is 23.0 Å². The summed E-state index contributed by atoms with van der Waals surface area (Å²) < 4.78 is 58.0. The molecule has 1 aromatic heterocycles. The molecule has 3 aromatic rings. The second-order valence-corrected chi connectivity index (χ2v) is 10.8. The number of amides is 1. The molecule has 0 unspecified atom stereocenters. The van der Waals surface area contributed by atoms with E-state index in [1.165, 1.54) is 0 Å². The Hall–Kier alpha value is -2.62. The van der Waals surface area contributed by atoms with Gasteiger partial charge in [0.05, 0.1) is 18.4 Å². The summed E-state index contributed by atoms with van der Waals surface area (Å²) in [6.45, 7) is 0.515. The maximum Gasteiger partial charge on any atom is 0.309 e. The molecule has 0 bridgehead atoms. The fourth-order valence-electron chi connectivity index (χ4n) is 3.25. The van der Waals surface area contributed by atoms with Gasteiger partial charge < -0.3 is 20.2 Å². The highest BCUT2D eigenvalue weighted by atomic mass is 127. The quantitative estimate of drug-likeness (QED) is 0.242. The van der Waals surface area contributed by atoms with Crippen molar-refractivity contribution in [2.45, 2.75) is 25.1 Å². The summed E-state index contributed by atoms with van der Waals surface area (Å²) in [5.41, 5.74) is 0.972. The second kappa shape index (κ2) is 11.9. The zero-order valence-corrected chi connectivity index (χ0v) is 21.4. The third-order valence-corrected chi connectivity index (χ3v) is 5.96. The van der Waals surface area contributed by atoms with Crippen LogP contribution in [-0.4, -0.2) is 49.4 Å². The predicted octanol–water partition coefficient (Wildman–Crippen LogP) is 2.42. The van der Waals surface area contributed by atoms with Gasteiger partial charge in [-0.3, -0.25) is 4.79 Å². The number of anilines is 1. The van der Waals surface area contributed by atoms with E-state index in [1.54, 1.807) is 0 Å². The van der Waals surface area contributed by atoms with E-state index in [9.17, 15) is 27.1 Å². The lowest BCUT2D eigenvalue weighted by atomic mass is 10.0. The van der Waals surface area contributed by atoms with Crippen molar-refractivity contribution < 1.29 is 31.5 Å². The van der Waals surface area contributed by atoms with Crippen LogP contribution in [0.15, 0.2) is 53.1 Å². The van der Waals surface area contributed by atoms with E-state index in [0.717, 1.165) is 39.9 Å². The van der Waals surface area contributed by atoms with E-state index in [-0.39, 0.29) is 24.2 Å². The molecule has 1 amide bonds. The first-order valence-corrected chi connectivity index (χ1v) is 13.3. The van der Waals surface area contributed by atoms with Gasteiger partial charge in [-0.05, 0) is 64.4 Å². The van der Waals surface area contributed by atoms with Crippen molar-refractivity contribution >= 4 is 44.5 Å². The lowest BCUT2D eigenvalue weighted by Gasteiger charge is -2.24. The van der Waals surface area contributed by atoms with Gasteiger partial charge in [0.15, 0.2) is 5.69 Å². The summed E-state index contributed by atoms with van der Waals surface area (Å²) in [6.07, 6.45) is 0.612. The summed E-state index contributed by atoms with van der Waals surface area (Å²) in [7, 11) is -3.67. The highest BCUT2D eigenvalue weighted by Crippen LogP contribution is 2.14. The Morgan fingerprint density at radius 3 is 2.54 bits per heavy atom. The third-order valence-electron chi connectivity index (χ3n) is 4.74. The number of oxazole rings is 1. The molecule has 0 aliphatic heterocycles. The van der Waals surface area contributed by atoms with Crippen molar-refractivity contribution in [3.05, 3.63) is 80.8 Å². The maximum absolute atomic E-state index is 13.7. The number of carbonyl (C=O) groups excluding carboxylic acids is 1. The fourth-order valence-corrected chi connectivity index (χ4v) is 4.26. The number of carbonyl (C=O) groups is 1. The molecule has 2 atom stereocenters. The Morgan fingerprint density at radius 2 is 1.89 bits per heavy atom. The Balaban J connectivity index is 1.71. The number of hydrogen-bond acceptors (Lipinski definition) is 7. The molecule has 13 heteroatoms. The maximum atomic E-state index is 13.7. The lowest BCUT2D eigenvalue weighted by Crippen LogP contribution is -2.48. The van der Waals surface area contributed by atoms with Crippen molar-refractivity contribution in [2.75, 3.05) is 17.5 Å². The zero-order valence-electron chi connectivity index (χ0n) is 18.5. The minimum absolute atomic E-state index is 0.0634. The Labute approximate surface area is 214 Å². The molecule has 35 heavy (non-hydrogen) atoms. The van der Waals surface area contributed by atoms with Crippen molar-refractivity contribution in [2.24, 2.45) is 0 Å². The highest BCUT2D eigenvalue weighted by molar-refractivity contribution is 14.1. The van der Waals surface area contributed by atoms with Crippen LogP contribution in [0, 0.1) is 15.2 Å². The number of aliphatic hydroxyl groups excluding tert-OH is 1. The van der Waals surface area contributed by atoms with Crippen molar-refractivity contribution in [1.29, 1.82) is 0 Å². The first-order valence-electron chi connectivity index (χ1n) is 10.3. The number of rotatable bonds is 11. The van der Waals surface area contributed by atoms with E-state index >= 15 is 0 Å². The summed E-state index contributed by atoms with van der Waals surface area (Å²) in [5, 5.41) is 16.5. The number of nitrogens with zero attached hydrogens (tertiary/aromatic N) is 1. The van der Waals surface area contributed by atoms with Gasteiger partial charge >= 0.3 is 6.01 Å². The summed E-state index contributed by atoms with van der Waals surface area (Å²) in [4.78, 5) is 16.5. The number of halogens is 3. The Bertz CT molecular complexity index is 1270. The molecule has 0 spiro atoms. The van der Waals surface area contributed by atoms with E-state index < -0.39 is 45.7 Å². The van der Waals surface area contributed by atoms with Crippen LogP contribution in [0.3, 0.4) is 0 Å². The SMILES string of the molecule is CS(=O)(=O)Nc1nc(C(=O)N[C@@H](Cc2cc(F)cc(F)c2)[C@@H](O)CNCc2cccc(I)c2)co1.